The number of morpholine rings is 1. The van der Waals surface area contributed by atoms with Gasteiger partial charge in [-0.25, -0.2) is 18.2 Å². The van der Waals surface area contributed by atoms with Gasteiger partial charge in [0.25, 0.3) is 5.91 Å². The van der Waals surface area contributed by atoms with E-state index in [1.165, 1.54) is 9.58 Å². The molecule has 0 radical (unpaired) electrons. The third kappa shape index (κ3) is 4.36. The number of nitrogens with two attached hydrogens (primary N) is 1. The number of anilines is 1. The SMILES string of the molecule is CC1(C)CN(C(=O)Cn2nc(C3CN(C(=O)c4cc(N)ncc4F)C3)c3c(F)cc(F)cc32)CCO1. The van der Waals surface area contributed by atoms with Gasteiger partial charge in [0, 0.05) is 44.2 Å². The number of nitrogen functional groups attached to an aromatic ring is 1. The second-order valence-corrected chi connectivity index (χ2v) is 9.74. The van der Waals surface area contributed by atoms with Crippen molar-refractivity contribution in [2.24, 2.45) is 0 Å². The van der Waals surface area contributed by atoms with Crippen LogP contribution in [0.15, 0.2) is 24.4 Å². The van der Waals surface area contributed by atoms with Gasteiger partial charge in [-0.05, 0) is 19.9 Å². The smallest absolute Gasteiger partial charge is 0.257 e. The van der Waals surface area contributed by atoms with Gasteiger partial charge in [0.1, 0.15) is 24.0 Å². The molecule has 5 rings (SSSR count). The minimum absolute atomic E-state index is 0.0129. The number of amides is 2. The van der Waals surface area contributed by atoms with Crippen LogP contribution in [-0.4, -0.2) is 74.8 Å². The molecule has 2 aliphatic rings. The van der Waals surface area contributed by atoms with Gasteiger partial charge < -0.3 is 20.3 Å². The lowest BCUT2D eigenvalue weighted by Gasteiger charge is -2.38. The van der Waals surface area contributed by atoms with E-state index in [0.717, 1.165) is 24.4 Å². The van der Waals surface area contributed by atoms with Gasteiger partial charge in [-0.3, -0.25) is 14.3 Å². The summed E-state index contributed by atoms with van der Waals surface area (Å²) in [5.74, 6) is -3.57. The number of fused-ring (bicyclic) bond motifs is 1. The number of likely N-dealkylation sites (tertiary alicyclic amines) is 1. The minimum atomic E-state index is -0.802. The van der Waals surface area contributed by atoms with E-state index in [9.17, 15) is 22.8 Å². The van der Waals surface area contributed by atoms with Gasteiger partial charge in [0.15, 0.2) is 5.82 Å². The van der Waals surface area contributed by atoms with E-state index in [1.54, 1.807) is 4.90 Å². The topological polar surface area (TPSA) is 107 Å². The van der Waals surface area contributed by atoms with Gasteiger partial charge in [0.2, 0.25) is 5.91 Å². The van der Waals surface area contributed by atoms with Gasteiger partial charge in [-0.1, -0.05) is 0 Å². The first kappa shape index (κ1) is 24.0. The summed E-state index contributed by atoms with van der Waals surface area (Å²) in [7, 11) is 0. The second-order valence-electron chi connectivity index (χ2n) is 9.74. The Labute approximate surface area is 204 Å². The van der Waals surface area contributed by atoms with Crippen molar-refractivity contribution in [3.8, 4) is 0 Å². The maximum absolute atomic E-state index is 14.9. The molecule has 1 aromatic carbocycles. The van der Waals surface area contributed by atoms with Crippen molar-refractivity contribution in [2.45, 2.75) is 31.9 Å². The van der Waals surface area contributed by atoms with Crippen molar-refractivity contribution in [3.63, 3.8) is 0 Å². The Morgan fingerprint density at radius 3 is 2.61 bits per heavy atom. The highest BCUT2D eigenvalue weighted by atomic mass is 19.1. The van der Waals surface area contributed by atoms with Crippen LogP contribution in [0.25, 0.3) is 10.9 Å². The van der Waals surface area contributed by atoms with Crippen LogP contribution in [0.5, 0.6) is 0 Å². The quantitative estimate of drug-likeness (QED) is 0.587. The summed E-state index contributed by atoms with van der Waals surface area (Å²) < 4.78 is 50.0. The van der Waals surface area contributed by atoms with E-state index >= 15 is 0 Å². The van der Waals surface area contributed by atoms with Crippen molar-refractivity contribution in [1.29, 1.82) is 0 Å². The van der Waals surface area contributed by atoms with Crippen molar-refractivity contribution >= 4 is 28.5 Å². The first-order valence-corrected chi connectivity index (χ1v) is 11.5. The van der Waals surface area contributed by atoms with Crippen LogP contribution in [0.2, 0.25) is 0 Å². The zero-order valence-electron chi connectivity index (χ0n) is 19.8. The van der Waals surface area contributed by atoms with E-state index in [4.69, 9.17) is 10.5 Å². The molecule has 0 bridgehead atoms. The molecule has 0 aliphatic carbocycles. The van der Waals surface area contributed by atoms with Gasteiger partial charge in [0.05, 0.1) is 40.6 Å². The molecule has 2 N–H and O–H groups in total. The first-order valence-electron chi connectivity index (χ1n) is 11.5. The van der Waals surface area contributed by atoms with Crippen LogP contribution >= 0.6 is 0 Å². The van der Waals surface area contributed by atoms with E-state index in [-0.39, 0.29) is 53.7 Å². The normalized spacial score (nSPS) is 17.9. The molecule has 3 aromatic rings. The molecular weight excluding hydrogens is 477 g/mol. The number of hydrogen-bond donors (Lipinski definition) is 1. The molecule has 12 heteroatoms. The van der Waals surface area contributed by atoms with E-state index in [0.29, 0.717) is 25.4 Å². The monoisotopic (exact) mass is 502 g/mol. The molecule has 2 amide bonds. The molecule has 0 unspecified atom stereocenters. The fraction of sp³-hybridized carbons (Fsp3) is 0.417. The predicted molar refractivity (Wildman–Crippen MR) is 124 cm³/mol. The largest absolute Gasteiger partial charge is 0.384 e. The lowest BCUT2D eigenvalue weighted by Crippen LogP contribution is -2.51. The fourth-order valence-corrected chi connectivity index (χ4v) is 4.72. The summed E-state index contributed by atoms with van der Waals surface area (Å²) in [6.45, 7) is 5.05. The molecule has 0 spiro atoms. The van der Waals surface area contributed by atoms with Crippen molar-refractivity contribution in [1.82, 2.24) is 24.6 Å². The number of hydrogen-bond acceptors (Lipinski definition) is 6. The fourth-order valence-electron chi connectivity index (χ4n) is 4.72. The molecule has 2 fully saturated rings. The minimum Gasteiger partial charge on any atom is -0.384 e. The Balaban J connectivity index is 1.39. The Bertz CT molecular complexity index is 1370. The average molecular weight is 502 g/mol. The number of aromatic nitrogens is 3. The lowest BCUT2D eigenvalue weighted by molar-refractivity contribution is -0.146. The summed E-state index contributed by atoms with van der Waals surface area (Å²) in [5.41, 5.74) is 5.34. The highest BCUT2D eigenvalue weighted by Gasteiger charge is 2.37. The number of halogens is 3. The third-order valence-corrected chi connectivity index (χ3v) is 6.52. The zero-order chi connectivity index (χ0) is 25.8. The summed E-state index contributed by atoms with van der Waals surface area (Å²) >= 11 is 0. The van der Waals surface area contributed by atoms with Gasteiger partial charge in [-0.15, -0.1) is 0 Å². The van der Waals surface area contributed by atoms with Crippen molar-refractivity contribution in [3.05, 3.63) is 53.1 Å². The molecular formula is C24H25F3N6O3. The Morgan fingerprint density at radius 1 is 1.14 bits per heavy atom. The number of benzene rings is 1. The highest BCUT2D eigenvalue weighted by Crippen LogP contribution is 2.35. The molecule has 2 aromatic heterocycles. The van der Waals surface area contributed by atoms with E-state index < -0.39 is 29.0 Å². The summed E-state index contributed by atoms with van der Waals surface area (Å²) in [6, 6.07) is 3.07. The van der Waals surface area contributed by atoms with Crippen molar-refractivity contribution < 1.29 is 27.5 Å². The molecule has 2 saturated heterocycles. The standard InChI is InChI=1S/C24H25F3N6O3/c1-24(2)12-31(3-4-36-24)20(34)11-33-18-6-14(25)5-16(26)21(18)22(30-33)13-9-32(10-13)23(35)15-7-19(28)29-8-17(15)27/h5-8,13H,3-4,9-12H2,1-2H3,(H2,28,29). The number of carbonyl (C=O) groups excluding carboxylic acids is 2. The summed E-state index contributed by atoms with van der Waals surface area (Å²) in [4.78, 5) is 32.4. The number of nitrogens with zero attached hydrogens (tertiary/aromatic N) is 5. The predicted octanol–water partition coefficient (Wildman–Crippen LogP) is 2.31. The van der Waals surface area contributed by atoms with Crippen LogP contribution < -0.4 is 5.73 Å². The van der Waals surface area contributed by atoms with Gasteiger partial charge in [-0.2, -0.15) is 5.10 Å². The number of carbonyl (C=O) groups is 2. The van der Waals surface area contributed by atoms with Crippen LogP contribution in [0.1, 0.15) is 35.8 Å². The van der Waals surface area contributed by atoms with Crippen molar-refractivity contribution in [2.75, 3.05) is 38.5 Å². The summed E-state index contributed by atoms with van der Waals surface area (Å²) in [5, 5.41) is 4.57. The molecule has 36 heavy (non-hydrogen) atoms. The molecule has 190 valence electrons. The van der Waals surface area contributed by atoms with E-state index in [2.05, 4.69) is 10.1 Å². The molecule has 4 heterocycles. The Hall–Kier alpha value is -3.67. The van der Waals surface area contributed by atoms with Crippen LogP contribution in [0.4, 0.5) is 19.0 Å². The first-order chi connectivity index (χ1) is 17.0. The van der Waals surface area contributed by atoms with Crippen LogP contribution in [-0.2, 0) is 16.1 Å². The molecule has 0 atom stereocenters. The number of pyridine rings is 1. The number of rotatable bonds is 4. The van der Waals surface area contributed by atoms with Crippen LogP contribution in [0, 0.1) is 17.5 Å². The highest BCUT2D eigenvalue weighted by molar-refractivity contribution is 5.96. The van der Waals surface area contributed by atoms with Crippen LogP contribution in [0.3, 0.4) is 0 Å². The average Bonchev–Trinajstić information content (AvgIpc) is 3.11. The molecule has 0 saturated carbocycles. The zero-order valence-corrected chi connectivity index (χ0v) is 19.8. The molecule has 2 aliphatic heterocycles. The Morgan fingerprint density at radius 2 is 1.89 bits per heavy atom. The Kier molecular flexibility index (Phi) is 5.86. The third-order valence-electron chi connectivity index (χ3n) is 6.52. The lowest BCUT2D eigenvalue weighted by atomic mass is 9.93. The van der Waals surface area contributed by atoms with E-state index in [1.807, 2.05) is 13.8 Å². The maximum atomic E-state index is 14.9. The maximum Gasteiger partial charge on any atom is 0.257 e. The second kappa shape index (κ2) is 8.77. The number of ether oxygens (including phenoxy) is 1. The van der Waals surface area contributed by atoms with Gasteiger partial charge >= 0.3 is 0 Å². The summed E-state index contributed by atoms with van der Waals surface area (Å²) in [6.07, 6.45) is 0.880. The molecule has 9 nitrogen and oxygen atoms in total.